The van der Waals surface area contributed by atoms with Gasteiger partial charge in [-0.05, 0) is 140 Å². The topological polar surface area (TPSA) is 8.17 Å². The SMILES string of the molecule is C=Cc1ccccc1-c1c(C)n(-c2ccccc2)c2cccc(-c3cccc(N(c4cc(-c5ccccc5)cc(-c5ccccc5)c4)c4cc(-c5ccccc5)cc(-c5ccccc5)c4)c3)c12. The molecule has 1 aromatic heterocycles. The van der Waals surface area contributed by atoms with Gasteiger partial charge in [0, 0.05) is 39.4 Å². The Bertz CT molecular complexity index is 3280. The van der Waals surface area contributed by atoms with Crippen molar-refractivity contribution in [2.45, 2.75) is 6.92 Å². The molecule has 0 aliphatic rings. The highest BCUT2D eigenvalue weighted by atomic mass is 15.1. The second-order valence-corrected chi connectivity index (χ2v) is 17.0. The number of benzene rings is 10. The maximum absolute atomic E-state index is 4.25. The molecule has 2 heteroatoms. The van der Waals surface area contributed by atoms with Crippen molar-refractivity contribution in [1.29, 1.82) is 0 Å². The predicted molar refractivity (Wildman–Crippen MR) is 285 cm³/mol. The Labute approximate surface area is 393 Å². The maximum atomic E-state index is 4.25. The average molecular weight is 857 g/mol. The van der Waals surface area contributed by atoms with Crippen LogP contribution in [0.15, 0.2) is 261 Å². The summed E-state index contributed by atoms with van der Waals surface area (Å²) in [6, 6.07) is 92.2. The molecule has 1 heterocycles. The number of fused-ring (bicyclic) bond motifs is 1. The smallest absolute Gasteiger partial charge is 0.0544 e. The Morgan fingerprint density at radius 2 is 0.761 bits per heavy atom. The van der Waals surface area contributed by atoms with Crippen molar-refractivity contribution in [3.8, 4) is 72.4 Å². The molecular formula is C65H48N2. The summed E-state index contributed by atoms with van der Waals surface area (Å²) in [4.78, 5) is 2.45. The van der Waals surface area contributed by atoms with Crippen LogP contribution in [0.3, 0.4) is 0 Å². The van der Waals surface area contributed by atoms with E-state index in [1.54, 1.807) is 0 Å². The van der Waals surface area contributed by atoms with Crippen LogP contribution in [-0.2, 0) is 0 Å². The van der Waals surface area contributed by atoms with Gasteiger partial charge in [0.25, 0.3) is 0 Å². The Hall–Kier alpha value is -8.72. The minimum absolute atomic E-state index is 1.05. The fourth-order valence-corrected chi connectivity index (χ4v) is 9.77. The van der Waals surface area contributed by atoms with E-state index in [-0.39, 0.29) is 0 Å². The van der Waals surface area contributed by atoms with E-state index in [0.29, 0.717) is 0 Å². The number of para-hydroxylation sites is 1. The van der Waals surface area contributed by atoms with Crippen molar-refractivity contribution in [2.75, 3.05) is 4.90 Å². The Morgan fingerprint density at radius 3 is 1.25 bits per heavy atom. The van der Waals surface area contributed by atoms with E-state index >= 15 is 0 Å². The molecular weight excluding hydrogens is 809 g/mol. The second-order valence-electron chi connectivity index (χ2n) is 17.0. The van der Waals surface area contributed by atoms with Crippen LogP contribution in [0, 0.1) is 6.92 Å². The van der Waals surface area contributed by atoms with Crippen molar-refractivity contribution in [3.05, 3.63) is 273 Å². The van der Waals surface area contributed by atoms with E-state index in [2.05, 4.69) is 278 Å². The molecule has 0 N–H and O–H groups in total. The molecule has 0 bridgehead atoms. The van der Waals surface area contributed by atoms with Crippen LogP contribution in [0.2, 0.25) is 0 Å². The molecule has 0 saturated heterocycles. The van der Waals surface area contributed by atoms with Gasteiger partial charge in [0.2, 0.25) is 0 Å². The van der Waals surface area contributed by atoms with Crippen LogP contribution in [0.5, 0.6) is 0 Å². The minimum Gasteiger partial charge on any atom is -0.313 e. The van der Waals surface area contributed by atoms with E-state index in [9.17, 15) is 0 Å². The standard InChI is InChI=1S/C65H48N2/c1-3-47-23-19-20-36-61(47)64-46(2)66(57-33-17-8-18-34-57)63-38-22-37-62(65(63)64)52-32-21-35-58(41-52)67(59-42-53(48-24-9-4-10-25-48)39-54(43-59)49-26-11-5-12-27-49)60-44-55(50-28-13-6-14-29-50)40-56(45-60)51-30-15-7-16-31-51/h3-45H,1H2,2H3. The molecule has 11 rings (SSSR count). The summed E-state index contributed by atoms with van der Waals surface area (Å²) in [5.74, 6) is 0. The third kappa shape index (κ3) is 7.96. The third-order valence-electron chi connectivity index (χ3n) is 12.9. The van der Waals surface area contributed by atoms with E-state index in [1.165, 1.54) is 16.6 Å². The van der Waals surface area contributed by atoms with Crippen molar-refractivity contribution in [2.24, 2.45) is 0 Å². The highest BCUT2D eigenvalue weighted by molar-refractivity contribution is 6.09. The Morgan fingerprint density at radius 1 is 0.358 bits per heavy atom. The van der Waals surface area contributed by atoms with Gasteiger partial charge in [-0.3, -0.25) is 0 Å². The number of hydrogen-bond acceptors (Lipinski definition) is 1. The highest BCUT2D eigenvalue weighted by Gasteiger charge is 2.23. The summed E-state index contributed by atoms with van der Waals surface area (Å²) in [6.45, 7) is 6.50. The molecule has 0 unspecified atom stereocenters. The second kappa shape index (κ2) is 18.0. The molecule has 0 amide bonds. The molecule has 0 atom stereocenters. The summed E-state index contributed by atoms with van der Waals surface area (Å²) in [6.07, 6.45) is 1.97. The summed E-state index contributed by atoms with van der Waals surface area (Å²) in [5.41, 5.74) is 21.6. The maximum Gasteiger partial charge on any atom is 0.0544 e. The molecule has 318 valence electrons. The van der Waals surface area contributed by atoms with Crippen LogP contribution in [0.4, 0.5) is 17.1 Å². The summed E-state index contributed by atoms with van der Waals surface area (Å²) in [5, 5.41) is 1.21. The van der Waals surface area contributed by atoms with Crippen molar-refractivity contribution in [3.63, 3.8) is 0 Å². The average Bonchev–Trinajstić information content (AvgIpc) is 3.71. The summed E-state index contributed by atoms with van der Waals surface area (Å²) < 4.78 is 2.41. The van der Waals surface area contributed by atoms with Crippen LogP contribution < -0.4 is 4.90 Å². The zero-order valence-corrected chi connectivity index (χ0v) is 37.4. The largest absolute Gasteiger partial charge is 0.313 e. The fourth-order valence-electron chi connectivity index (χ4n) is 9.77. The minimum atomic E-state index is 1.05. The van der Waals surface area contributed by atoms with Gasteiger partial charge >= 0.3 is 0 Å². The first-order valence-electron chi connectivity index (χ1n) is 22.9. The lowest BCUT2D eigenvalue weighted by Gasteiger charge is -2.28. The Kier molecular flexibility index (Phi) is 11.0. The molecule has 2 nitrogen and oxygen atoms in total. The van der Waals surface area contributed by atoms with Crippen LogP contribution >= 0.6 is 0 Å². The van der Waals surface area contributed by atoms with Gasteiger partial charge in [-0.25, -0.2) is 0 Å². The Balaban J connectivity index is 1.19. The van der Waals surface area contributed by atoms with Gasteiger partial charge in [0.05, 0.1) is 5.52 Å². The van der Waals surface area contributed by atoms with Gasteiger partial charge in [0.15, 0.2) is 0 Å². The van der Waals surface area contributed by atoms with E-state index in [1.807, 2.05) is 6.08 Å². The van der Waals surface area contributed by atoms with Gasteiger partial charge in [0.1, 0.15) is 0 Å². The molecule has 11 aromatic rings. The molecule has 0 aliphatic heterocycles. The lowest BCUT2D eigenvalue weighted by atomic mass is 9.92. The predicted octanol–water partition coefficient (Wildman–Crippen LogP) is 18.1. The molecule has 10 aromatic carbocycles. The zero-order valence-electron chi connectivity index (χ0n) is 37.4. The molecule has 0 spiro atoms. The summed E-state index contributed by atoms with van der Waals surface area (Å²) in [7, 11) is 0. The monoisotopic (exact) mass is 856 g/mol. The number of hydrogen-bond donors (Lipinski definition) is 0. The first-order chi connectivity index (χ1) is 33.1. The normalized spacial score (nSPS) is 11.1. The van der Waals surface area contributed by atoms with Crippen molar-refractivity contribution in [1.82, 2.24) is 4.57 Å². The lowest BCUT2D eigenvalue weighted by molar-refractivity contribution is 1.06. The van der Waals surface area contributed by atoms with Gasteiger partial charge in [-0.2, -0.15) is 0 Å². The van der Waals surface area contributed by atoms with Crippen molar-refractivity contribution < 1.29 is 0 Å². The summed E-state index contributed by atoms with van der Waals surface area (Å²) >= 11 is 0. The number of nitrogens with zero attached hydrogens (tertiary/aromatic N) is 2. The number of anilines is 3. The molecule has 0 saturated carbocycles. The van der Waals surface area contributed by atoms with Gasteiger partial charge in [-0.15, -0.1) is 0 Å². The number of rotatable bonds is 11. The van der Waals surface area contributed by atoms with E-state index < -0.39 is 0 Å². The molecule has 0 aliphatic carbocycles. The first-order valence-corrected chi connectivity index (χ1v) is 22.9. The van der Waals surface area contributed by atoms with Gasteiger partial charge in [-0.1, -0.05) is 201 Å². The van der Waals surface area contributed by atoms with Crippen LogP contribution in [0.25, 0.3) is 89.4 Å². The lowest BCUT2D eigenvalue weighted by Crippen LogP contribution is -2.11. The van der Waals surface area contributed by atoms with E-state index in [4.69, 9.17) is 0 Å². The molecule has 0 fully saturated rings. The fraction of sp³-hybridized carbons (Fsp3) is 0.0154. The molecule has 0 radical (unpaired) electrons. The van der Waals surface area contributed by atoms with Crippen LogP contribution in [0.1, 0.15) is 11.3 Å². The van der Waals surface area contributed by atoms with Crippen LogP contribution in [-0.4, -0.2) is 4.57 Å². The molecule has 67 heavy (non-hydrogen) atoms. The third-order valence-corrected chi connectivity index (χ3v) is 12.9. The van der Waals surface area contributed by atoms with Gasteiger partial charge < -0.3 is 9.47 Å². The van der Waals surface area contributed by atoms with E-state index in [0.717, 1.165) is 95.0 Å². The number of aromatic nitrogens is 1. The zero-order chi connectivity index (χ0) is 45.1. The first kappa shape index (κ1) is 41.0. The van der Waals surface area contributed by atoms with Crippen molar-refractivity contribution >= 4 is 34.0 Å². The quantitative estimate of drug-likeness (QED) is 0.126. The highest BCUT2D eigenvalue weighted by Crippen LogP contribution is 2.47.